The fourth-order valence-electron chi connectivity index (χ4n) is 6.53. The van der Waals surface area contributed by atoms with Crippen molar-refractivity contribution in [1.29, 1.82) is 0 Å². The van der Waals surface area contributed by atoms with Gasteiger partial charge in [-0.05, 0) is 91.9 Å². The Morgan fingerprint density at radius 1 is 1.03 bits per heavy atom. The number of fused-ring (bicyclic) bond motifs is 1. The van der Waals surface area contributed by atoms with Crippen molar-refractivity contribution in [2.45, 2.75) is 132 Å². The number of benzene rings is 1. The molecule has 1 aromatic rings. The number of unbranched alkanes of at least 4 members (excludes halogenated alkanes) is 1. The van der Waals surface area contributed by atoms with Gasteiger partial charge in [-0.2, -0.15) is 0 Å². The van der Waals surface area contributed by atoms with Crippen molar-refractivity contribution < 1.29 is 14.4 Å². The van der Waals surface area contributed by atoms with Gasteiger partial charge in [-0.25, -0.2) is 0 Å². The van der Waals surface area contributed by atoms with Crippen LogP contribution in [0.25, 0.3) is 0 Å². The van der Waals surface area contributed by atoms with Gasteiger partial charge in [0.1, 0.15) is 11.6 Å². The number of carbonyl (C=O) groups excluding carboxylic acids is 3. The molecular weight excluding hydrogens is 444 g/mol. The zero-order valence-corrected chi connectivity index (χ0v) is 24.5. The third-order valence-corrected chi connectivity index (χ3v) is 8.32. The van der Waals surface area contributed by atoms with Crippen molar-refractivity contribution in [3.8, 4) is 0 Å². The van der Waals surface area contributed by atoms with E-state index in [2.05, 4.69) is 54.5 Å². The molecule has 0 radical (unpaired) electrons. The first-order valence-electron chi connectivity index (χ1n) is 14.7. The van der Waals surface area contributed by atoms with Crippen molar-refractivity contribution in [1.82, 2.24) is 0 Å². The van der Waals surface area contributed by atoms with E-state index in [4.69, 9.17) is 0 Å². The van der Waals surface area contributed by atoms with Gasteiger partial charge in [0.2, 0.25) is 0 Å². The fraction of sp³-hybridized carbons (Fsp3) is 0.727. The maximum absolute atomic E-state index is 13.6. The first-order valence-corrected chi connectivity index (χ1v) is 14.7. The summed E-state index contributed by atoms with van der Waals surface area (Å²) in [5.74, 6) is 1.89. The summed E-state index contributed by atoms with van der Waals surface area (Å²) in [6, 6.07) is 2.40. The monoisotopic (exact) mass is 496 g/mol. The second-order valence-corrected chi connectivity index (χ2v) is 12.2. The predicted molar refractivity (Wildman–Crippen MR) is 151 cm³/mol. The molecule has 0 saturated carbocycles. The number of carbonyl (C=O) groups is 3. The summed E-state index contributed by atoms with van der Waals surface area (Å²) < 4.78 is 0. The molecule has 0 spiro atoms. The smallest absolute Gasteiger partial charge is 0.163 e. The molecule has 3 atom stereocenters. The largest absolute Gasteiger partial charge is 0.300 e. The Kier molecular flexibility index (Phi) is 12.0. The van der Waals surface area contributed by atoms with Crippen LogP contribution in [0.1, 0.15) is 145 Å². The summed E-state index contributed by atoms with van der Waals surface area (Å²) in [6.07, 6.45) is 9.94. The lowest BCUT2D eigenvalue weighted by molar-refractivity contribution is -0.129. The molecule has 3 unspecified atom stereocenters. The Bertz CT molecular complexity index is 908. The Balaban J connectivity index is 2.31. The minimum Gasteiger partial charge on any atom is -0.300 e. The summed E-state index contributed by atoms with van der Waals surface area (Å²) in [4.78, 5) is 38.1. The zero-order chi connectivity index (χ0) is 27.0. The first-order chi connectivity index (χ1) is 17.0. The lowest BCUT2D eigenvalue weighted by atomic mass is 9.70. The molecule has 0 saturated heterocycles. The van der Waals surface area contributed by atoms with Crippen LogP contribution >= 0.6 is 0 Å². The highest BCUT2D eigenvalue weighted by atomic mass is 16.1. The van der Waals surface area contributed by atoms with E-state index >= 15 is 0 Å². The van der Waals surface area contributed by atoms with Crippen LogP contribution in [0.5, 0.6) is 0 Å². The number of ketones is 3. The molecular formula is C33H52O3. The fourth-order valence-corrected chi connectivity index (χ4v) is 6.53. The minimum atomic E-state index is -0.0788. The molecule has 0 aliphatic heterocycles. The van der Waals surface area contributed by atoms with Crippen LogP contribution in [-0.4, -0.2) is 17.3 Å². The van der Waals surface area contributed by atoms with Crippen LogP contribution in [0.15, 0.2) is 6.07 Å². The van der Waals surface area contributed by atoms with Crippen molar-refractivity contribution in [3.05, 3.63) is 33.9 Å². The van der Waals surface area contributed by atoms with Gasteiger partial charge in [-0.15, -0.1) is 0 Å². The quantitative estimate of drug-likeness (QED) is 0.180. The normalized spacial score (nSPS) is 17.4. The highest BCUT2D eigenvalue weighted by molar-refractivity contribution is 6.01. The lowest BCUT2D eigenvalue weighted by Gasteiger charge is -2.33. The number of hydrogen-bond acceptors (Lipinski definition) is 3. The number of hydrogen-bond donors (Lipinski definition) is 0. The van der Waals surface area contributed by atoms with Crippen LogP contribution in [0.3, 0.4) is 0 Å². The summed E-state index contributed by atoms with van der Waals surface area (Å²) in [7, 11) is 0. The molecule has 0 aromatic heterocycles. The third kappa shape index (κ3) is 8.12. The highest BCUT2D eigenvalue weighted by Gasteiger charge is 2.34. The number of Topliss-reactive ketones (excluding diaryl/α,β-unsaturated/α-hetero) is 3. The molecule has 0 bridgehead atoms. The Morgan fingerprint density at radius 3 is 2.28 bits per heavy atom. The Morgan fingerprint density at radius 2 is 1.72 bits per heavy atom. The number of rotatable bonds is 15. The zero-order valence-electron chi connectivity index (χ0n) is 24.5. The van der Waals surface area contributed by atoms with Crippen molar-refractivity contribution in [2.24, 2.45) is 23.7 Å². The van der Waals surface area contributed by atoms with Gasteiger partial charge in [-0.3, -0.25) is 14.4 Å². The topological polar surface area (TPSA) is 51.2 Å². The third-order valence-electron chi connectivity index (χ3n) is 8.32. The van der Waals surface area contributed by atoms with E-state index in [9.17, 15) is 14.4 Å². The van der Waals surface area contributed by atoms with Crippen molar-refractivity contribution in [3.63, 3.8) is 0 Å². The summed E-state index contributed by atoms with van der Waals surface area (Å²) in [6.45, 7) is 16.9. The van der Waals surface area contributed by atoms with E-state index in [0.717, 1.165) is 50.0 Å². The molecule has 1 aliphatic carbocycles. The molecule has 0 fully saturated rings. The molecule has 1 aliphatic rings. The predicted octanol–water partition coefficient (Wildman–Crippen LogP) is 8.61. The summed E-state index contributed by atoms with van der Waals surface area (Å²) >= 11 is 0. The van der Waals surface area contributed by atoms with Crippen LogP contribution in [0, 0.1) is 30.6 Å². The van der Waals surface area contributed by atoms with E-state index in [-0.39, 0.29) is 35.7 Å². The standard InChI is InChI=1S/C33H52O3/c1-9-13-27(28(10-2)31(35)16-23(7)34)17-25-18-30-29(22(5)6)20-26(15-12-11-14-21(3)4)24(8)33(30)32(36)19-25/h20-22,25,27-28H,9-19H2,1-8H3. The maximum atomic E-state index is 13.6. The van der Waals surface area contributed by atoms with Gasteiger partial charge in [0.05, 0.1) is 6.42 Å². The van der Waals surface area contributed by atoms with E-state index in [1.807, 2.05) is 0 Å². The van der Waals surface area contributed by atoms with Crippen LogP contribution in [0.4, 0.5) is 0 Å². The second kappa shape index (κ2) is 14.2. The molecule has 202 valence electrons. The number of aryl methyl sites for hydroxylation is 1. The average Bonchev–Trinajstić information content (AvgIpc) is 2.77. The van der Waals surface area contributed by atoms with Gasteiger partial charge in [0.15, 0.2) is 5.78 Å². The molecule has 0 amide bonds. The van der Waals surface area contributed by atoms with E-state index in [1.165, 1.54) is 48.4 Å². The second-order valence-electron chi connectivity index (χ2n) is 12.2. The molecule has 1 aromatic carbocycles. The Hall–Kier alpha value is -1.77. The van der Waals surface area contributed by atoms with Crippen molar-refractivity contribution in [2.75, 3.05) is 0 Å². The van der Waals surface area contributed by atoms with Gasteiger partial charge in [-0.1, -0.05) is 73.3 Å². The molecule has 0 N–H and O–H groups in total. The average molecular weight is 497 g/mol. The van der Waals surface area contributed by atoms with Crippen LogP contribution < -0.4 is 0 Å². The molecule has 3 nitrogen and oxygen atoms in total. The van der Waals surface area contributed by atoms with Gasteiger partial charge < -0.3 is 0 Å². The van der Waals surface area contributed by atoms with Gasteiger partial charge in [0, 0.05) is 17.9 Å². The summed E-state index contributed by atoms with van der Waals surface area (Å²) in [5.41, 5.74) is 6.18. The van der Waals surface area contributed by atoms with E-state index in [0.29, 0.717) is 18.1 Å². The molecule has 2 rings (SSSR count). The first kappa shape index (κ1) is 30.5. The van der Waals surface area contributed by atoms with Gasteiger partial charge >= 0.3 is 0 Å². The van der Waals surface area contributed by atoms with Crippen molar-refractivity contribution >= 4 is 17.3 Å². The molecule has 36 heavy (non-hydrogen) atoms. The van der Waals surface area contributed by atoms with Crippen LogP contribution in [-0.2, 0) is 22.4 Å². The Labute approximate surface area is 221 Å². The molecule has 3 heteroatoms. The lowest BCUT2D eigenvalue weighted by Crippen LogP contribution is -2.30. The van der Waals surface area contributed by atoms with E-state index < -0.39 is 0 Å². The SMILES string of the molecule is CCCC(CC1CC(=O)c2c(C)c(CCCCC(C)C)cc(C(C)C)c2C1)C(CC)C(=O)CC(C)=O. The minimum absolute atomic E-state index is 0.0434. The van der Waals surface area contributed by atoms with Gasteiger partial charge in [0.25, 0.3) is 0 Å². The molecule has 0 heterocycles. The van der Waals surface area contributed by atoms with E-state index in [1.54, 1.807) is 0 Å². The highest BCUT2D eigenvalue weighted by Crippen LogP contribution is 2.40. The van der Waals surface area contributed by atoms with Crippen LogP contribution in [0.2, 0.25) is 0 Å². The summed E-state index contributed by atoms with van der Waals surface area (Å²) in [5, 5.41) is 0. The maximum Gasteiger partial charge on any atom is 0.163 e.